The highest BCUT2D eigenvalue weighted by atomic mass is 16.5. The van der Waals surface area contributed by atoms with Gasteiger partial charge in [-0.1, -0.05) is 0 Å². The highest BCUT2D eigenvalue weighted by Gasteiger charge is 2.35. The van der Waals surface area contributed by atoms with Crippen LogP contribution in [0.3, 0.4) is 0 Å². The van der Waals surface area contributed by atoms with Crippen LogP contribution >= 0.6 is 0 Å². The molecule has 4 aliphatic rings. The lowest BCUT2D eigenvalue weighted by Gasteiger charge is -2.50. The van der Waals surface area contributed by atoms with E-state index in [4.69, 9.17) is 4.74 Å². The third-order valence-corrected chi connectivity index (χ3v) is 5.22. The Morgan fingerprint density at radius 1 is 1.26 bits per heavy atom. The zero-order chi connectivity index (χ0) is 13.1. The summed E-state index contributed by atoms with van der Waals surface area (Å²) in [6.07, 6.45) is 6.98. The fourth-order valence-electron chi connectivity index (χ4n) is 4.01. The Balaban J connectivity index is 1.44. The molecule has 0 aromatic carbocycles. The van der Waals surface area contributed by atoms with Crippen molar-refractivity contribution in [2.24, 2.45) is 0 Å². The van der Waals surface area contributed by atoms with Gasteiger partial charge in [0.05, 0.1) is 6.10 Å². The average molecular weight is 267 g/mol. The Kier molecular flexibility index (Phi) is 4.74. The van der Waals surface area contributed by atoms with E-state index in [-0.39, 0.29) is 0 Å². The first kappa shape index (κ1) is 13.8. The van der Waals surface area contributed by atoms with Crippen molar-refractivity contribution in [3.8, 4) is 0 Å². The van der Waals surface area contributed by atoms with Gasteiger partial charge >= 0.3 is 0 Å². The Morgan fingerprint density at radius 3 is 2.68 bits per heavy atom. The van der Waals surface area contributed by atoms with E-state index in [0.717, 1.165) is 12.6 Å². The molecule has 110 valence electrons. The monoisotopic (exact) mass is 267 g/mol. The van der Waals surface area contributed by atoms with Gasteiger partial charge in [0, 0.05) is 51.4 Å². The fraction of sp³-hybridized carbons (Fsp3) is 1.00. The zero-order valence-electron chi connectivity index (χ0n) is 12.3. The first-order valence-electron chi connectivity index (χ1n) is 8.12. The van der Waals surface area contributed by atoms with Crippen molar-refractivity contribution in [2.45, 2.75) is 50.3 Å². The number of hydrogen-bond acceptors (Lipinski definition) is 4. The normalized spacial score (nSPS) is 39.6. The maximum atomic E-state index is 5.72. The second-order valence-electron chi connectivity index (χ2n) is 6.37. The summed E-state index contributed by atoms with van der Waals surface area (Å²) in [4.78, 5) is 5.34. The van der Waals surface area contributed by atoms with Crippen LogP contribution in [-0.4, -0.2) is 74.4 Å². The molecule has 0 radical (unpaired) electrons. The topological polar surface area (TPSA) is 27.7 Å². The summed E-state index contributed by atoms with van der Waals surface area (Å²) < 4.78 is 5.72. The van der Waals surface area contributed by atoms with Crippen molar-refractivity contribution in [3.63, 3.8) is 0 Å². The number of likely N-dealkylation sites (N-methyl/N-ethyl adjacent to an activating group) is 1. The molecule has 0 aliphatic carbocycles. The number of nitrogens with zero attached hydrogens (tertiary/aromatic N) is 2. The van der Waals surface area contributed by atoms with Crippen LogP contribution in [-0.2, 0) is 4.74 Å². The van der Waals surface area contributed by atoms with Gasteiger partial charge in [-0.3, -0.25) is 9.80 Å². The molecule has 1 N–H and O–H groups in total. The van der Waals surface area contributed by atoms with Crippen LogP contribution in [0.5, 0.6) is 0 Å². The van der Waals surface area contributed by atoms with Gasteiger partial charge in [0.2, 0.25) is 0 Å². The molecule has 0 spiro atoms. The highest BCUT2D eigenvalue weighted by molar-refractivity contribution is 4.94. The number of rotatable bonds is 6. The van der Waals surface area contributed by atoms with E-state index in [2.05, 4.69) is 22.2 Å². The first-order valence-corrected chi connectivity index (χ1v) is 8.12. The van der Waals surface area contributed by atoms with Gasteiger partial charge in [-0.05, 0) is 39.2 Å². The average Bonchev–Trinajstić information content (AvgIpc) is 2.98. The quantitative estimate of drug-likeness (QED) is 0.775. The van der Waals surface area contributed by atoms with E-state index in [1.807, 2.05) is 0 Å². The lowest BCUT2D eigenvalue weighted by Crippen LogP contribution is -2.66. The molecule has 4 heterocycles. The second-order valence-corrected chi connectivity index (χ2v) is 6.37. The fourth-order valence-corrected chi connectivity index (χ4v) is 4.01. The van der Waals surface area contributed by atoms with Gasteiger partial charge in [-0.25, -0.2) is 0 Å². The molecule has 0 amide bonds. The molecule has 3 unspecified atom stereocenters. The van der Waals surface area contributed by atoms with Crippen LogP contribution in [0.25, 0.3) is 0 Å². The van der Waals surface area contributed by atoms with Crippen molar-refractivity contribution < 1.29 is 4.74 Å². The summed E-state index contributed by atoms with van der Waals surface area (Å²) in [5, 5.41) is 3.57. The molecule has 4 nitrogen and oxygen atoms in total. The van der Waals surface area contributed by atoms with E-state index in [1.54, 1.807) is 0 Å². The molecule has 4 saturated heterocycles. The first-order chi connectivity index (χ1) is 9.36. The van der Waals surface area contributed by atoms with Crippen molar-refractivity contribution >= 4 is 0 Å². The summed E-state index contributed by atoms with van der Waals surface area (Å²) in [6.45, 7) is 7.37. The molecule has 19 heavy (non-hydrogen) atoms. The van der Waals surface area contributed by atoms with Gasteiger partial charge in [-0.15, -0.1) is 0 Å². The summed E-state index contributed by atoms with van der Waals surface area (Å²) in [5.41, 5.74) is 0. The largest absolute Gasteiger partial charge is 0.378 e. The highest BCUT2D eigenvalue weighted by Crippen LogP contribution is 2.23. The van der Waals surface area contributed by atoms with Gasteiger partial charge < -0.3 is 10.1 Å². The van der Waals surface area contributed by atoms with E-state index < -0.39 is 0 Å². The maximum absolute atomic E-state index is 5.72. The smallest absolute Gasteiger partial charge is 0.0576 e. The maximum Gasteiger partial charge on any atom is 0.0576 e. The van der Waals surface area contributed by atoms with E-state index in [9.17, 15) is 0 Å². The van der Waals surface area contributed by atoms with Crippen molar-refractivity contribution in [1.29, 1.82) is 0 Å². The third-order valence-electron chi connectivity index (χ3n) is 5.22. The van der Waals surface area contributed by atoms with Gasteiger partial charge in [0.1, 0.15) is 0 Å². The molecule has 0 aromatic rings. The van der Waals surface area contributed by atoms with E-state index in [0.29, 0.717) is 12.1 Å². The Hall–Kier alpha value is -0.160. The third kappa shape index (κ3) is 3.30. The van der Waals surface area contributed by atoms with Crippen LogP contribution in [0.2, 0.25) is 0 Å². The minimum absolute atomic E-state index is 0.560. The molecule has 0 saturated carbocycles. The second kappa shape index (κ2) is 6.53. The number of fused-ring (bicyclic) bond motifs is 3. The van der Waals surface area contributed by atoms with Crippen molar-refractivity contribution in [2.75, 3.05) is 46.4 Å². The van der Waals surface area contributed by atoms with E-state index in [1.165, 1.54) is 64.8 Å². The summed E-state index contributed by atoms with van der Waals surface area (Å²) >= 11 is 0. The molecule has 0 aromatic heterocycles. The summed E-state index contributed by atoms with van der Waals surface area (Å²) in [6, 6.07) is 1.39. The lowest BCUT2D eigenvalue weighted by molar-refractivity contribution is -0.00427. The van der Waals surface area contributed by atoms with Crippen molar-refractivity contribution in [1.82, 2.24) is 15.1 Å². The molecule has 4 rings (SSSR count). The van der Waals surface area contributed by atoms with E-state index >= 15 is 0 Å². The number of piperazine rings is 3. The standard InChI is InChI=1S/C15H29N3O/c1-16-14(6-2-4-13-5-3-11-19-13)15-12-17-7-9-18(15)10-8-17/h13-16H,2-12H2,1H3. The van der Waals surface area contributed by atoms with Crippen LogP contribution in [0.1, 0.15) is 32.1 Å². The minimum Gasteiger partial charge on any atom is -0.378 e. The molecule has 2 bridgehead atoms. The predicted octanol–water partition coefficient (Wildman–Crippen LogP) is 0.924. The molecule has 4 fully saturated rings. The van der Waals surface area contributed by atoms with Gasteiger partial charge in [0.25, 0.3) is 0 Å². The van der Waals surface area contributed by atoms with Crippen LogP contribution in [0.15, 0.2) is 0 Å². The molecular weight excluding hydrogens is 238 g/mol. The van der Waals surface area contributed by atoms with Crippen LogP contribution in [0.4, 0.5) is 0 Å². The Morgan fingerprint density at radius 2 is 2.11 bits per heavy atom. The van der Waals surface area contributed by atoms with Gasteiger partial charge in [0.15, 0.2) is 0 Å². The summed E-state index contributed by atoms with van der Waals surface area (Å²) in [5.74, 6) is 0. The molecule has 3 atom stereocenters. The SMILES string of the molecule is CNC(CCCC1CCCO1)C1CN2CCN1CC2. The molecule has 4 heteroatoms. The lowest BCUT2D eigenvalue weighted by atomic mass is 9.95. The van der Waals surface area contributed by atoms with Crippen LogP contribution < -0.4 is 5.32 Å². The number of ether oxygens (including phenoxy) is 1. The Bertz CT molecular complexity index is 273. The van der Waals surface area contributed by atoms with Crippen molar-refractivity contribution in [3.05, 3.63) is 0 Å². The van der Waals surface area contributed by atoms with Gasteiger partial charge in [-0.2, -0.15) is 0 Å². The summed E-state index contributed by atoms with van der Waals surface area (Å²) in [7, 11) is 2.13. The number of nitrogens with one attached hydrogen (secondary N) is 1. The predicted molar refractivity (Wildman–Crippen MR) is 77.5 cm³/mol. The molecular formula is C15H29N3O. The molecule has 4 aliphatic heterocycles. The zero-order valence-corrected chi connectivity index (χ0v) is 12.3. The minimum atomic E-state index is 0.560. The Labute approximate surface area is 117 Å². The number of hydrogen-bond donors (Lipinski definition) is 1. The van der Waals surface area contributed by atoms with Crippen LogP contribution in [0, 0.1) is 0 Å².